The van der Waals surface area contributed by atoms with Gasteiger partial charge in [-0.25, -0.2) is 0 Å². The molecule has 0 spiro atoms. The van der Waals surface area contributed by atoms with Gasteiger partial charge in [0.1, 0.15) is 11.5 Å². The Labute approximate surface area is 106 Å². The second kappa shape index (κ2) is 5.36. The summed E-state index contributed by atoms with van der Waals surface area (Å²) in [5.41, 5.74) is 2.11. The van der Waals surface area contributed by atoms with Crippen molar-refractivity contribution < 1.29 is 14.3 Å². The number of hydrogen-bond donors (Lipinski definition) is 0. The Kier molecular flexibility index (Phi) is 3.63. The Morgan fingerprint density at radius 3 is 2.28 bits per heavy atom. The molecule has 0 atom stereocenters. The Hall–Kier alpha value is -2.29. The summed E-state index contributed by atoms with van der Waals surface area (Å²) in [6, 6.07) is 15.2. The topological polar surface area (TPSA) is 35.5 Å². The van der Waals surface area contributed by atoms with Crippen LogP contribution in [0.15, 0.2) is 48.5 Å². The molecule has 0 saturated carbocycles. The van der Waals surface area contributed by atoms with E-state index in [1.54, 1.807) is 19.2 Å². The monoisotopic (exact) mass is 242 g/mol. The third-order valence-corrected chi connectivity index (χ3v) is 2.52. The van der Waals surface area contributed by atoms with E-state index in [-0.39, 0.29) is 5.97 Å². The van der Waals surface area contributed by atoms with E-state index >= 15 is 0 Å². The predicted molar refractivity (Wildman–Crippen MR) is 69.7 cm³/mol. The SMILES string of the molecule is COc1cccc(-c2ccc(OC(C)=O)cc2)c1. The number of ether oxygens (including phenoxy) is 2. The van der Waals surface area contributed by atoms with Crippen LogP contribution >= 0.6 is 0 Å². The molecule has 0 fully saturated rings. The fourth-order valence-corrected chi connectivity index (χ4v) is 1.68. The zero-order valence-electron chi connectivity index (χ0n) is 10.3. The molecule has 3 heteroatoms. The minimum absolute atomic E-state index is 0.316. The van der Waals surface area contributed by atoms with Gasteiger partial charge in [-0.15, -0.1) is 0 Å². The molecular weight excluding hydrogens is 228 g/mol. The van der Waals surface area contributed by atoms with Crippen molar-refractivity contribution in [3.63, 3.8) is 0 Å². The lowest BCUT2D eigenvalue weighted by atomic mass is 10.1. The number of rotatable bonds is 3. The first-order valence-electron chi connectivity index (χ1n) is 5.62. The molecule has 0 aromatic heterocycles. The van der Waals surface area contributed by atoms with Gasteiger partial charge in [-0.1, -0.05) is 24.3 Å². The van der Waals surface area contributed by atoms with Crippen LogP contribution in [0, 0.1) is 0 Å². The zero-order chi connectivity index (χ0) is 13.0. The van der Waals surface area contributed by atoms with E-state index in [1.165, 1.54) is 6.92 Å². The summed E-state index contributed by atoms with van der Waals surface area (Å²) >= 11 is 0. The highest BCUT2D eigenvalue weighted by Gasteiger charge is 2.01. The number of hydrogen-bond acceptors (Lipinski definition) is 3. The van der Waals surface area contributed by atoms with Gasteiger partial charge in [0, 0.05) is 6.92 Å². The second-order valence-electron chi connectivity index (χ2n) is 3.85. The molecule has 92 valence electrons. The number of esters is 1. The summed E-state index contributed by atoms with van der Waals surface area (Å²) in [5, 5.41) is 0. The van der Waals surface area contributed by atoms with Crippen LogP contribution in [0.5, 0.6) is 11.5 Å². The number of carbonyl (C=O) groups is 1. The standard InChI is InChI=1S/C15H14O3/c1-11(16)18-14-8-6-12(7-9-14)13-4-3-5-15(10-13)17-2/h3-10H,1-2H3. The summed E-state index contributed by atoms with van der Waals surface area (Å²) in [4.78, 5) is 10.8. The van der Waals surface area contributed by atoms with Crippen molar-refractivity contribution in [3.05, 3.63) is 48.5 Å². The molecule has 2 aromatic rings. The van der Waals surface area contributed by atoms with Gasteiger partial charge in [0.25, 0.3) is 0 Å². The van der Waals surface area contributed by atoms with E-state index in [1.807, 2.05) is 36.4 Å². The maximum absolute atomic E-state index is 10.8. The van der Waals surface area contributed by atoms with Gasteiger partial charge in [0.2, 0.25) is 0 Å². The first-order chi connectivity index (χ1) is 8.69. The lowest BCUT2D eigenvalue weighted by Crippen LogP contribution is -2.00. The first-order valence-corrected chi connectivity index (χ1v) is 5.62. The minimum Gasteiger partial charge on any atom is -0.497 e. The smallest absolute Gasteiger partial charge is 0.308 e. The minimum atomic E-state index is -0.316. The highest BCUT2D eigenvalue weighted by atomic mass is 16.5. The van der Waals surface area contributed by atoms with Crippen LogP contribution in [0.25, 0.3) is 11.1 Å². The molecule has 0 aliphatic rings. The van der Waals surface area contributed by atoms with Crippen molar-refractivity contribution in [2.45, 2.75) is 6.92 Å². The molecule has 3 nitrogen and oxygen atoms in total. The van der Waals surface area contributed by atoms with Crippen molar-refractivity contribution in [1.29, 1.82) is 0 Å². The maximum atomic E-state index is 10.8. The largest absolute Gasteiger partial charge is 0.497 e. The van der Waals surface area contributed by atoms with Gasteiger partial charge in [-0.2, -0.15) is 0 Å². The third kappa shape index (κ3) is 2.88. The van der Waals surface area contributed by atoms with Crippen LogP contribution in [0.2, 0.25) is 0 Å². The summed E-state index contributed by atoms with van der Waals surface area (Å²) in [5.74, 6) is 1.05. The normalized spacial score (nSPS) is 9.89. The summed E-state index contributed by atoms with van der Waals surface area (Å²) < 4.78 is 10.2. The van der Waals surface area contributed by atoms with Gasteiger partial charge in [-0.3, -0.25) is 4.79 Å². The number of methoxy groups -OCH3 is 1. The summed E-state index contributed by atoms with van der Waals surface area (Å²) in [6.07, 6.45) is 0. The van der Waals surface area contributed by atoms with Crippen molar-refractivity contribution in [2.24, 2.45) is 0 Å². The van der Waals surface area contributed by atoms with E-state index in [2.05, 4.69) is 0 Å². The van der Waals surface area contributed by atoms with Crippen LogP contribution in [-0.4, -0.2) is 13.1 Å². The molecule has 0 saturated heterocycles. The fraction of sp³-hybridized carbons (Fsp3) is 0.133. The molecular formula is C15H14O3. The van der Waals surface area contributed by atoms with Crippen molar-refractivity contribution in [2.75, 3.05) is 7.11 Å². The van der Waals surface area contributed by atoms with E-state index < -0.39 is 0 Å². The van der Waals surface area contributed by atoms with Crippen molar-refractivity contribution >= 4 is 5.97 Å². The van der Waals surface area contributed by atoms with E-state index in [9.17, 15) is 4.79 Å². The fourth-order valence-electron chi connectivity index (χ4n) is 1.68. The Balaban J connectivity index is 2.25. The highest BCUT2D eigenvalue weighted by molar-refractivity contribution is 5.70. The average molecular weight is 242 g/mol. The van der Waals surface area contributed by atoms with E-state index in [0.29, 0.717) is 5.75 Å². The highest BCUT2D eigenvalue weighted by Crippen LogP contribution is 2.25. The predicted octanol–water partition coefficient (Wildman–Crippen LogP) is 3.29. The molecule has 0 radical (unpaired) electrons. The third-order valence-electron chi connectivity index (χ3n) is 2.52. The Morgan fingerprint density at radius 2 is 1.67 bits per heavy atom. The zero-order valence-corrected chi connectivity index (χ0v) is 10.3. The van der Waals surface area contributed by atoms with Gasteiger partial charge >= 0.3 is 5.97 Å². The van der Waals surface area contributed by atoms with E-state index in [4.69, 9.17) is 9.47 Å². The van der Waals surface area contributed by atoms with Crippen LogP contribution in [0.3, 0.4) is 0 Å². The Bertz CT molecular complexity index is 544. The molecule has 2 aromatic carbocycles. The molecule has 0 heterocycles. The van der Waals surface area contributed by atoms with Gasteiger partial charge in [-0.05, 0) is 35.4 Å². The summed E-state index contributed by atoms with van der Waals surface area (Å²) in [7, 11) is 1.64. The van der Waals surface area contributed by atoms with Crippen LogP contribution < -0.4 is 9.47 Å². The lowest BCUT2D eigenvalue weighted by Gasteiger charge is -2.06. The van der Waals surface area contributed by atoms with E-state index in [0.717, 1.165) is 16.9 Å². The Morgan fingerprint density at radius 1 is 0.944 bits per heavy atom. The number of carbonyl (C=O) groups excluding carboxylic acids is 1. The molecule has 0 aliphatic carbocycles. The first kappa shape index (κ1) is 12.2. The maximum Gasteiger partial charge on any atom is 0.308 e. The van der Waals surface area contributed by atoms with Crippen LogP contribution in [0.4, 0.5) is 0 Å². The molecule has 0 amide bonds. The quantitative estimate of drug-likeness (QED) is 0.612. The van der Waals surface area contributed by atoms with Crippen LogP contribution in [-0.2, 0) is 4.79 Å². The summed E-state index contributed by atoms with van der Waals surface area (Å²) in [6.45, 7) is 1.38. The number of benzene rings is 2. The molecule has 0 N–H and O–H groups in total. The second-order valence-corrected chi connectivity index (χ2v) is 3.85. The molecule has 0 unspecified atom stereocenters. The van der Waals surface area contributed by atoms with Crippen LogP contribution in [0.1, 0.15) is 6.92 Å². The molecule has 0 aliphatic heterocycles. The molecule has 18 heavy (non-hydrogen) atoms. The van der Waals surface area contributed by atoms with Gasteiger partial charge in [0.05, 0.1) is 7.11 Å². The van der Waals surface area contributed by atoms with Crippen molar-refractivity contribution in [1.82, 2.24) is 0 Å². The van der Waals surface area contributed by atoms with Gasteiger partial charge < -0.3 is 9.47 Å². The lowest BCUT2D eigenvalue weighted by molar-refractivity contribution is -0.131. The molecule has 0 bridgehead atoms. The van der Waals surface area contributed by atoms with Crippen molar-refractivity contribution in [3.8, 4) is 22.6 Å². The molecule has 2 rings (SSSR count). The van der Waals surface area contributed by atoms with Gasteiger partial charge in [0.15, 0.2) is 0 Å². The average Bonchev–Trinajstić information content (AvgIpc) is 2.39.